The Morgan fingerprint density at radius 1 is 1.20 bits per heavy atom. The Morgan fingerprint density at radius 2 is 2.00 bits per heavy atom. The number of benzene rings is 2. The molecule has 3 rings (SSSR count). The third kappa shape index (κ3) is 1.82. The molecule has 1 aromatic heterocycles. The van der Waals surface area contributed by atoms with Crippen LogP contribution >= 0.6 is 0 Å². The second-order valence-electron chi connectivity index (χ2n) is 4.44. The maximum absolute atomic E-state index is 11.2. The summed E-state index contributed by atoms with van der Waals surface area (Å²) in [5, 5.41) is 10.7. The summed E-state index contributed by atoms with van der Waals surface area (Å²) in [5.74, 6) is 0.836. The zero-order valence-corrected chi connectivity index (χ0v) is 10.9. The lowest BCUT2D eigenvalue weighted by molar-refractivity contribution is 0.112. The molecule has 0 aliphatic rings. The molecule has 0 unspecified atom stereocenters. The number of aromatic nitrogens is 1. The molecular formula is C16H13NO3. The number of hydrogen-bond donors (Lipinski definition) is 1. The van der Waals surface area contributed by atoms with Crippen molar-refractivity contribution in [2.45, 2.75) is 0 Å². The second kappa shape index (κ2) is 4.74. The van der Waals surface area contributed by atoms with Crippen molar-refractivity contribution >= 4 is 17.2 Å². The third-order valence-electron chi connectivity index (χ3n) is 3.32. The Kier molecular flexibility index (Phi) is 2.91. The number of ether oxygens (including phenoxy) is 1. The molecule has 2 aromatic carbocycles. The minimum absolute atomic E-state index is 0.181. The molecule has 0 bridgehead atoms. The van der Waals surface area contributed by atoms with Crippen LogP contribution in [-0.2, 0) is 0 Å². The number of carbonyl (C=O) groups is 1. The highest BCUT2D eigenvalue weighted by Crippen LogP contribution is 2.31. The number of nitrogens with zero attached hydrogens (tertiary/aromatic N) is 1. The number of para-hydroxylation sites is 1. The first-order valence-corrected chi connectivity index (χ1v) is 6.17. The van der Waals surface area contributed by atoms with Crippen molar-refractivity contribution in [3.05, 3.63) is 54.2 Å². The molecule has 0 atom stereocenters. The first-order chi connectivity index (χ1) is 9.74. The van der Waals surface area contributed by atoms with Crippen LogP contribution in [0.4, 0.5) is 0 Å². The van der Waals surface area contributed by atoms with Crippen LogP contribution in [-0.4, -0.2) is 23.1 Å². The normalized spacial score (nSPS) is 10.7. The largest absolute Gasteiger partial charge is 0.506 e. The zero-order chi connectivity index (χ0) is 14.1. The number of carbonyl (C=O) groups excluding carboxylic acids is 1. The fraction of sp³-hybridized carbons (Fsp3) is 0.0625. The van der Waals surface area contributed by atoms with E-state index in [4.69, 9.17) is 4.74 Å². The van der Waals surface area contributed by atoms with Gasteiger partial charge in [0.2, 0.25) is 0 Å². The van der Waals surface area contributed by atoms with Crippen LogP contribution in [0.5, 0.6) is 11.5 Å². The molecule has 0 aliphatic carbocycles. The number of aldehydes is 1. The minimum atomic E-state index is 0.181. The molecule has 0 aliphatic heterocycles. The van der Waals surface area contributed by atoms with E-state index < -0.39 is 0 Å². The summed E-state index contributed by atoms with van der Waals surface area (Å²) < 4.78 is 6.99. The standard InChI is InChI=1S/C16H13NO3/c1-20-12-7-6-11(10-18)15(8-12)17-9-16(19)13-4-2-3-5-14(13)17/h2-10,19H,1H3. The van der Waals surface area contributed by atoms with Crippen molar-refractivity contribution in [2.24, 2.45) is 0 Å². The van der Waals surface area contributed by atoms with Gasteiger partial charge in [-0.25, -0.2) is 0 Å². The minimum Gasteiger partial charge on any atom is -0.506 e. The monoisotopic (exact) mass is 267 g/mol. The van der Waals surface area contributed by atoms with Crippen molar-refractivity contribution in [2.75, 3.05) is 7.11 Å². The summed E-state index contributed by atoms with van der Waals surface area (Å²) >= 11 is 0. The van der Waals surface area contributed by atoms with Crippen LogP contribution in [0.3, 0.4) is 0 Å². The molecule has 4 heteroatoms. The molecule has 100 valence electrons. The number of fused-ring (bicyclic) bond motifs is 1. The van der Waals surface area contributed by atoms with Gasteiger partial charge in [-0.2, -0.15) is 0 Å². The number of hydrogen-bond acceptors (Lipinski definition) is 3. The highest BCUT2D eigenvalue weighted by Gasteiger charge is 2.12. The first kappa shape index (κ1) is 12.3. The van der Waals surface area contributed by atoms with E-state index in [1.165, 1.54) is 0 Å². The molecule has 0 saturated heterocycles. The summed E-state index contributed by atoms with van der Waals surface area (Å²) in [6, 6.07) is 12.7. The number of methoxy groups -OCH3 is 1. The predicted molar refractivity (Wildman–Crippen MR) is 76.9 cm³/mol. The Balaban J connectivity index is 2.32. The van der Waals surface area contributed by atoms with E-state index in [-0.39, 0.29) is 5.75 Å². The maximum atomic E-state index is 11.2. The van der Waals surface area contributed by atoms with Gasteiger partial charge in [0.25, 0.3) is 0 Å². The fourth-order valence-electron chi connectivity index (χ4n) is 2.32. The molecule has 3 aromatic rings. The quantitative estimate of drug-likeness (QED) is 0.742. The predicted octanol–water partition coefficient (Wildman–Crippen LogP) is 3.16. The lowest BCUT2D eigenvalue weighted by Crippen LogP contribution is -1.98. The maximum Gasteiger partial charge on any atom is 0.152 e. The molecule has 20 heavy (non-hydrogen) atoms. The molecule has 0 saturated carbocycles. The summed E-state index contributed by atoms with van der Waals surface area (Å²) in [4.78, 5) is 11.2. The van der Waals surface area contributed by atoms with Crippen molar-refractivity contribution in [3.63, 3.8) is 0 Å². The van der Waals surface area contributed by atoms with E-state index in [1.807, 2.05) is 24.3 Å². The van der Waals surface area contributed by atoms with Gasteiger partial charge in [-0.3, -0.25) is 4.79 Å². The van der Waals surface area contributed by atoms with Crippen LogP contribution in [0.1, 0.15) is 10.4 Å². The molecular weight excluding hydrogens is 254 g/mol. The van der Waals surface area contributed by atoms with Crippen molar-refractivity contribution in [1.82, 2.24) is 4.57 Å². The SMILES string of the molecule is COc1ccc(C=O)c(-n2cc(O)c3ccccc32)c1. The summed E-state index contributed by atoms with van der Waals surface area (Å²) in [6.45, 7) is 0. The Labute approximate surface area is 115 Å². The lowest BCUT2D eigenvalue weighted by atomic mass is 10.1. The van der Waals surface area contributed by atoms with Crippen LogP contribution < -0.4 is 4.74 Å². The summed E-state index contributed by atoms with van der Waals surface area (Å²) in [6.07, 6.45) is 2.40. The smallest absolute Gasteiger partial charge is 0.152 e. The average Bonchev–Trinajstić information content (AvgIpc) is 2.84. The summed E-state index contributed by atoms with van der Waals surface area (Å²) in [5.41, 5.74) is 2.05. The molecule has 1 N–H and O–H groups in total. The molecule has 0 radical (unpaired) electrons. The van der Waals surface area contributed by atoms with Crippen LogP contribution in [0, 0.1) is 0 Å². The van der Waals surface area contributed by atoms with E-state index in [1.54, 1.807) is 36.1 Å². The van der Waals surface area contributed by atoms with Gasteiger partial charge in [0, 0.05) is 17.0 Å². The van der Waals surface area contributed by atoms with Gasteiger partial charge in [0.1, 0.15) is 11.5 Å². The average molecular weight is 267 g/mol. The highest BCUT2D eigenvalue weighted by atomic mass is 16.5. The fourth-order valence-corrected chi connectivity index (χ4v) is 2.32. The van der Waals surface area contributed by atoms with Gasteiger partial charge >= 0.3 is 0 Å². The van der Waals surface area contributed by atoms with E-state index >= 15 is 0 Å². The van der Waals surface area contributed by atoms with Crippen molar-refractivity contribution in [3.8, 4) is 17.2 Å². The third-order valence-corrected chi connectivity index (χ3v) is 3.32. The molecule has 0 fully saturated rings. The molecule has 0 spiro atoms. The molecule has 1 heterocycles. The Morgan fingerprint density at radius 3 is 2.75 bits per heavy atom. The van der Waals surface area contributed by atoms with E-state index in [0.717, 1.165) is 17.2 Å². The molecule has 0 amide bonds. The van der Waals surface area contributed by atoms with Gasteiger partial charge in [-0.05, 0) is 24.3 Å². The van der Waals surface area contributed by atoms with Gasteiger partial charge in [-0.15, -0.1) is 0 Å². The second-order valence-corrected chi connectivity index (χ2v) is 4.44. The Bertz CT molecular complexity index is 790. The highest BCUT2D eigenvalue weighted by molar-refractivity contribution is 5.90. The van der Waals surface area contributed by atoms with E-state index in [2.05, 4.69) is 0 Å². The van der Waals surface area contributed by atoms with Gasteiger partial charge in [0.15, 0.2) is 6.29 Å². The zero-order valence-electron chi connectivity index (χ0n) is 10.9. The van der Waals surface area contributed by atoms with E-state index in [0.29, 0.717) is 17.0 Å². The van der Waals surface area contributed by atoms with E-state index in [9.17, 15) is 9.90 Å². The summed E-state index contributed by atoms with van der Waals surface area (Å²) in [7, 11) is 1.57. The van der Waals surface area contributed by atoms with Crippen LogP contribution in [0.2, 0.25) is 0 Å². The van der Waals surface area contributed by atoms with Gasteiger partial charge in [0.05, 0.1) is 24.5 Å². The lowest BCUT2D eigenvalue weighted by Gasteiger charge is -2.10. The number of aromatic hydroxyl groups is 1. The van der Waals surface area contributed by atoms with Crippen molar-refractivity contribution in [1.29, 1.82) is 0 Å². The van der Waals surface area contributed by atoms with Crippen molar-refractivity contribution < 1.29 is 14.6 Å². The number of rotatable bonds is 3. The van der Waals surface area contributed by atoms with Gasteiger partial charge < -0.3 is 14.4 Å². The van der Waals surface area contributed by atoms with Crippen LogP contribution in [0.25, 0.3) is 16.6 Å². The topological polar surface area (TPSA) is 51.5 Å². The molecule has 4 nitrogen and oxygen atoms in total. The van der Waals surface area contributed by atoms with Gasteiger partial charge in [-0.1, -0.05) is 12.1 Å². The first-order valence-electron chi connectivity index (χ1n) is 6.17. The van der Waals surface area contributed by atoms with Crippen LogP contribution in [0.15, 0.2) is 48.7 Å². The Hall–Kier alpha value is -2.75.